The highest BCUT2D eigenvalue weighted by atomic mass is 35.5. The van der Waals surface area contributed by atoms with Crippen molar-refractivity contribution in [2.24, 2.45) is 0 Å². The first-order chi connectivity index (χ1) is 14.5. The van der Waals surface area contributed by atoms with E-state index in [-0.39, 0.29) is 18.2 Å². The van der Waals surface area contributed by atoms with Gasteiger partial charge in [0.25, 0.3) is 0 Å². The van der Waals surface area contributed by atoms with Crippen LogP contribution >= 0.6 is 23.7 Å². The van der Waals surface area contributed by atoms with E-state index in [1.807, 2.05) is 31.5 Å². The summed E-state index contributed by atoms with van der Waals surface area (Å²) in [7, 11) is 2.15. The summed E-state index contributed by atoms with van der Waals surface area (Å²) in [5.74, 6) is -0.340. The molecule has 6 rings (SSSR count). The maximum absolute atomic E-state index is 14.5. The molecule has 2 aliphatic heterocycles. The summed E-state index contributed by atoms with van der Waals surface area (Å²) < 4.78 is 16.2. The largest absolute Gasteiger partial charge is 0.348 e. The van der Waals surface area contributed by atoms with Gasteiger partial charge in [0.2, 0.25) is 0 Å². The summed E-state index contributed by atoms with van der Waals surface area (Å²) in [6.07, 6.45) is 8.63. The zero-order valence-corrected chi connectivity index (χ0v) is 19.0. The van der Waals surface area contributed by atoms with Crippen molar-refractivity contribution in [3.63, 3.8) is 0 Å². The van der Waals surface area contributed by atoms with Crippen molar-refractivity contribution in [2.75, 3.05) is 11.9 Å². The second-order valence-corrected chi connectivity index (χ2v) is 9.54. The fourth-order valence-corrected chi connectivity index (χ4v) is 5.91. The molecular formula is C22H24ClFN6S. The number of piperidine rings is 1. The van der Waals surface area contributed by atoms with Gasteiger partial charge in [-0.2, -0.15) is 0 Å². The third kappa shape index (κ3) is 3.56. The van der Waals surface area contributed by atoms with E-state index in [0.29, 0.717) is 23.8 Å². The van der Waals surface area contributed by atoms with Crippen LogP contribution in [0.25, 0.3) is 27.3 Å². The molecule has 0 saturated carbocycles. The van der Waals surface area contributed by atoms with Crippen molar-refractivity contribution >= 4 is 44.9 Å². The van der Waals surface area contributed by atoms with Gasteiger partial charge in [-0.15, -0.1) is 12.4 Å². The fourth-order valence-electron chi connectivity index (χ4n) is 4.94. The molecule has 2 fully saturated rings. The van der Waals surface area contributed by atoms with Crippen LogP contribution in [0.1, 0.15) is 31.4 Å². The van der Waals surface area contributed by atoms with E-state index in [1.54, 1.807) is 15.7 Å². The number of anilines is 1. The van der Waals surface area contributed by atoms with Crippen molar-refractivity contribution in [2.45, 2.75) is 50.7 Å². The van der Waals surface area contributed by atoms with E-state index >= 15 is 0 Å². The minimum absolute atomic E-state index is 0. The first kappa shape index (κ1) is 20.6. The van der Waals surface area contributed by atoms with E-state index in [4.69, 9.17) is 9.97 Å². The molecule has 0 radical (unpaired) electrons. The van der Waals surface area contributed by atoms with Gasteiger partial charge in [-0.3, -0.25) is 0 Å². The molecule has 2 bridgehead atoms. The molecule has 162 valence electrons. The van der Waals surface area contributed by atoms with Crippen LogP contribution in [0.2, 0.25) is 0 Å². The van der Waals surface area contributed by atoms with E-state index in [0.717, 1.165) is 32.4 Å². The van der Waals surface area contributed by atoms with Crippen molar-refractivity contribution < 1.29 is 4.39 Å². The number of imidazole rings is 1. The third-order valence-corrected chi connectivity index (χ3v) is 7.52. The number of nitrogens with zero attached hydrogens (tertiary/aromatic N) is 5. The van der Waals surface area contributed by atoms with E-state index in [1.165, 1.54) is 31.7 Å². The van der Waals surface area contributed by atoms with Crippen LogP contribution < -0.4 is 10.2 Å². The minimum atomic E-state index is -0.340. The zero-order valence-electron chi connectivity index (χ0n) is 17.4. The SMILES string of the molecule is Cc1cn2cc(-c3ccc4nc(N(C)C5C[C@H]6CC[C@@H](C5)N6)sc4n3)cc(F)c2n1.Cl. The Morgan fingerprint density at radius 1 is 1.13 bits per heavy atom. The number of aryl methyl sites for hydroxylation is 1. The van der Waals surface area contributed by atoms with Crippen molar-refractivity contribution in [3.05, 3.63) is 42.1 Å². The Bertz CT molecular complexity index is 1260. The normalized spacial score (nSPS) is 22.7. The number of aromatic nitrogens is 4. The average Bonchev–Trinajstić information content (AvgIpc) is 3.42. The number of hydrogen-bond acceptors (Lipinski definition) is 6. The number of rotatable bonds is 3. The number of nitrogens with one attached hydrogen (secondary N) is 1. The first-order valence-electron chi connectivity index (χ1n) is 10.5. The van der Waals surface area contributed by atoms with Crippen LogP contribution in [0.4, 0.5) is 9.52 Å². The topological polar surface area (TPSA) is 58.4 Å². The molecule has 6 nitrogen and oxygen atoms in total. The predicted molar refractivity (Wildman–Crippen MR) is 125 cm³/mol. The lowest BCUT2D eigenvalue weighted by molar-refractivity contribution is 0.354. The van der Waals surface area contributed by atoms with Gasteiger partial charge in [-0.05, 0) is 50.8 Å². The zero-order chi connectivity index (χ0) is 20.4. The van der Waals surface area contributed by atoms with Gasteiger partial charge in [0.05, 0.1) is 11.4 Å². The lowest BCUT2D eigenvalue weighted by atomic mass is 9.99. The smallest absolute Gasteiger partial charge is 0.187 e. The number of pyridine rings is 2. The van der Waals surface area contributed by atoms with Crippen LogP contribution in [0.15, 0.2) is 30.6 Å². The van der Waals surface area contributed by atoms with Crippen LogP contribution in [0.5, 0.6) is 0 Å². The van der Waals surface area contributed by atoms with Crippen molar-refractivity contribution in [3.8, 4) is 11.3 Å². The molecule has 1 unspecified atom stereocenters. The standard InChI is InChI=1S/C22H23FN6S.ClH/c1-12-10-29-11-13(7-17(23)20(29)24-12)18-5-6-19-21(26-18)30-22(27-19)28(2)16-8-14-3-4-15(9-16)25-14;/h5-7,10-11,14-16,25H,3-4,8-9H2,1-2H3;1H/t14-,15+,16?;. The molecule has 2 aliphatic rings. The van der Waals surface area contributed by atoms with Gasteiger partial charge >= 0.3 is 0 Å². The van der Waals surface area contributed by atoms with Crippen LogP contribution in [0.3, 0.4) is 0 Å². The molecule has 31 heavy (non-hydrogen) atoms. The number of fused-ring (bicyclic) bond motifs is 4. The summed E-state index contributed by atoms with van der Waals surface area (Å²) >= 11 is 1.61. The van der Waals surface area contributed by atoms with Gasteiger partial charge < -0.3 is 14.6 Å². The number of halogens is 2. The fraction of sp³-hybridized carbons (Fsp3) is 0.409. The highest BCUT2D eigenvalue weighted by Crippen LogP contribution is 2.35. The molecule has 2 saturated heterocycles. The maximum Gasteiger partial charge on any atom is 0.187 e. The molecule has 0 amide bonds. The second-order valence-electron chi connectivity index (χ2n) is 8.58. The van der Waals surface area contributed by atoms with Crippen molar-refractivity contribution in [1.82, 2.24) is 24.7 Å². The predicted octanol–water partition coefficient (Wildman–Crippen LogP) is 4.59. The summed E-state index contributed by atoms with van der Waals surface area (Å²) in [5.41, 5.74) is 3.50. The summed E-state index contributed by atoms with van der Waals surface area (Å²) in [6, 6.07) is 7.22. The van der Waals surface area contributed by atoms with Gasteiger partial charge in [0.1, 0.15) is 10.3 Å². The van der Waals surface area contributed by atoms with Crippen LogP contribution in [0, 0.1) is 12.7 Å². The number of thiazole rings is 1. The summed E-state index contributed by atoms with van der Waals surface area (Å²) in [6.45, 7) is 1.86. The number of hydrogen-bond donors (Lipinski definition) is 1. The molecule has 3 atom stereocenters. The second kappa shape index (κ2) is 7.69. The van der Waals surface area contributed by atoms with Crippen LogP contribution in [-0.4, -0.2) is 44.5 Å². The molecule has 9 heteroatoms. The molecule has 4 aromatic rings. The highest BCUT2D eigenvalue weighted by molar-refractivity contribution is 7.21. The van der Waals surface area contributed by atoms with E-state index < -0.39 is 0 Å². The molecule has 1 N–H and O–H groups in total. The van der Waals surface area contributed by atoms with Gasteiger partial charge in [-0.1, -0.05) is 11.3 Å². The Hall–Kier alpha value is -2.29. The van der Waals surface area contributed by atoms with E-state index in [2.05, 4.69) is 22.2 Å². The van der Waals surface area contributed by atoms with Crippen molar-refractivity contribution in [1.29, 1.82) is 0 Å². The quantitative estimate of drug-likeness (QED) is 0.486. The molecule has 0 spiro atoms. The Labute approximate surface area is 189 Å². The summed E-state index contributed by atoms with van der Waals surface area (Å²) in [5, 5.41) is 4.71. The lowest BCUT2D eigenvalue weighted by Crippen LogP contribution is -2.47. The highest BCUT2D eigenvalue weighted by Gasteiger charge is 2.35. The Kier molecular flexibility index (Phi) is 5.11. The van der Waals surface area contributed by atoms with Crippen LogP contribution in [-0.2, 0) is 0 Å². The average molecular weight is 459 g/mol. The first-order valence-corrected chi connectivity index (χ1v) is 11.3. The van der Waals surface area contributed by atoms with Gasteiger partial charge in [0.15, 0.2) is 16.6 Å². The summed E-state index contributed by atoms with van der Waals surface area (Å²) in [4.78, 5) is 17.1. The monoisotopic (exact) mass is 458 g/mol. The van der Waals surface area contributed by atoms with E-state index in [9.17, 15) is 4.39 Å². The Balaban J connectivity index is 0.00000204. The minimum Gasteiger partial charge on any atom is -0.348 e. The Morgan fingerprint density at radius 2 is 1.90 bits per heavy atom. The lowest BCUT2D eigenvalue weighted by Gasteiger charge is -2.35. The molecule has 6 heterocycles. The molecule has 0 aliphatic carbocycles. The molecule has 0 aromatic carbocycles. The maximum atomic E-state index is 14.5. The van der Waals surface area contributed by atoms with Gasteiger partial charge in [0, 0.05) is 43.1 Å². The molecule has 4 aromatic heterocycles. The third-order valence-electron chi connectivity index (χ3n) is 6.46. The Morgan fingerprint density at radius 3 is 2.68 bits per heavy atom. The molecular weight excluding hydrogens is 435 g/mol. The van der Waals surface area contributed by atoms with Gasteiger partial charge in [-0.25, -0.2) is 19.3 Å².